The Morgan fingerprint density at radius 1 is 1.17 bits per heavy atom. The molecule has 1 N–H and O–H groups in total. The van der Waals surface area contributed by atoms with Crippen molar-refractivity contribution in [2.75, 3.05) is 0 Å². The van der Waals surface area contributed by atoms with Gasteiger partial charge in [0, 0.05) is 0 Å². The summed E-state index contributed by atoms with van der Waals surface area (Å²) in [5.41, 5.74) is 2.75. The summed E-state index contributed by atoms with van der Waals surface area (Å²) in [6.45, 7) is 3.81. The van der Waals surface area contributed by atoms with E-state index in [9.17, 15) is 9.50 Å². The highest BCUT2D eigenvalue weighted by molar-refractivity contribution is 5.36. The molecule has 2 fully saturated rings. The van der Waals surface area contributed by atoms with Crippen molar-refractivity contribution < 1.29 is 9.50 Å². The molecule has 0 spiro atoms. The molecular weight excluding hydrogens is 227 g/mol. The van der Waals surface area contributed by atoms with Crippen molar-refractivity contribution in [1.29, 1.82) is 0 Å². The zero-order chi connectivity index (χ0) is 12.9. The molecule has 2 aliphatic carbocycles. The molecule has 0 aromatic heterocycles. The Balaban J connectivity index is 1.91. The van der Waals surface area contributed by atoms with Crippen LogP contribution < -0.4 is 0 Å². The zero-order valence-corrected chi connectivity index (χ0v) is 11.1. The first-order valence-electron chi connectivity index (χ1n) is 7.01. The average Bonchev–Trinajstić information content (AvgIpc) is 2.88. The van der Waals surface area contributed by atoms with E-state index >= 15 is 0 Å². The summed E-state index contributed by atoms with van der Waals surface area (Å²) in [6.07, 6.45) is 4.66. The zero-order valence-electron chi connectivity index (χ0n) is 11.1. The van der Waals surface area contributed by atoms with Crippen LogP contribution in [0.25, 0.3) is 0 Å². The lowest BCUT2D eigenvalue weighted by atomic mass is 9.80. The Morgan fingerprint density at radius 2 is 1.83 bits per heavy atom. The number of hydrogen-bond donors (Lipinski definition) is 1. The highest BCUT2D eigenvalue weighted by Gasteiger charge is 2.43. The molecule has 0 saturated heterocycles. The number of rotatable bonds is 2. The number of halogens is 1. The smallest absolute Gasteiger partial charge is 0.123 e. The van der Waals surface area contributed by atoms with Crippen molar-refractivity contribution in [3.05, 3.63) is 34.6 Å². The van der Waals surface area contributed by atoms with Gasteiger partial charge in [0.15, 0.2) is 0 Å². The highest BCUT2D eigenvalue weighted by atomic mass is 19.1. The first-order valence-corrected chi connectivity index (χ1v) is 7.01. The molecule has 4 unspecified atom stereocenters. The van der Waals surface area contributed by atoms with Crippen LogP contribution in [0.4, 0.5) is 4.39 Å². The van der Waals surface area contributed by atoms with Crippen LogP contribution in [0, 0.1) is 37.4 Å². The molecule has 1 aromatic rings. The van der Waals surface area contributed by atoms with Gasteiger partial charge < -0.3 is 5.11 Å². The maximum absolute atomic E-state index is 13.3. The van der Waals surface area contributed by atoms with Crippen LogP contribution in [-0.2, 0) is 0 Å². The van der Waals surface area contributed by atoms with Crippen molar-refractivity contribution in [3.8, 4) is 0 Å². The summed E-state index contributed by atoms with van der Waals surface area (Å²) in [5.74, 6) is 1.71. The summed E-state index contributed by atoms with van der Waals surface area (Å²) >= 11 is 0. The van der Waals surface area contributed by atoms with E-state index in [-0.39, 0.29) is 5.82 Å². The molecule has 98 valence electrons. The molecule has 1 aromatic carbocycles. The second-order valence-electron chi connectivity index (χ2n) is 6.24. The van der Waals surface area contributed by atoms with E-state index in [2.05, 4.69) is 0 Å². The van der Waals surface area contributed by atoms with Crippen LogP contribution in [0.2, 0.25) is 0 Å². The molecule has 2 aliphatic rings. The minimum atomic E-state index is -0.402. The number of fused-ring (bicyclic) bond motifs is 2. The van der Waals surface area contributed by atoms with Crippen molar-refractivity contribution in [3.63, 3.8) is 0 Å². The summed E-state index contributed by atoms with van der Waals surface area (Å²) in [6, 6.07) is 3.08. The van der Waals surface area contributed by atoms with Gasteiger partial charge in [-0.05, 0) is 79.7 Å². The average molecular weight is 248 g/mol. The van der Waals surface area contributed by atoms with Gasteiger partial charge in [0.05, 0.1) is 6.10 Å². The van der Waals surface area contributed by atoms with Gasteiger partial charge in [-0.15, -0.1) is 0 Å². The van der Waals surface area contributed by atoms with Crippen LogP contribution >= 0.6 is 0 Å². The third-order valence-electron chi connectivity index (χ3n) is 5.05. The minimum Gasteiger partial charge on any atom is -0.388 e. The Hall–Kier alpha value is -0.890. The standard InChI is InChI=1S/C16H21FO/c1-9-5-13(17)6-10(2)15(9)16(18)14-8-11-3-4-12(14)7-11/h5-6,11-12,14,16,18H,3-4,7-8H2,1-2H3. The highest BCUT2D eigenvalue weighted by Crippen LogP contribution is 2.53. The van der Waals surface area contributed by atoms with E-state index in [4.69, 9.17) is 0 Å². The van der Waals surface area contributed by atoms with Gasteiger partial charge in [0.2, 0.25) is 0 Å². The first kappa shape index (κ1) is 12.2. The monoisotopic (exact) mass is 248 g/mol. The molecule has 4 atom stereocenters. The minimum absolute atomic E-state index is 0.200. The van der Waals surface area contributed by atoms with E-state index < -0.39 is 6.10 Å². The predicted molar refractivity (Wildman–Crippen MR) is 69.8 cm³/mol. The van der Waals surface area contributed by atoms with Crippen LogP contribution in [0.5, 0.6) is 0 Å². The molecule has 0 heterocycles. The molecule has 0 amide bonds. The van der Waals surface area contributed by atoms with Gasteiger partial charge >= 0.3 is 0 Å². The fourth-order valence-electron chi connectivity index (χ4n) is 4.28. The summed E-state index contributed by atoms with van der Waals surface area (Å²) in [4.78, 5) is 0. The largest absolute Gasteiger partial charge is 0.388 e. The second kappa shape index (κ2) is 4.34. The van der Waals surface area contributed by atoms with E-state index in [0.717, 1.165) is 29.0 Å². The van der Waals surface area contributed by atoms with Crippen molar-refractivity contribution >= 4 is 0 Å². The normalized spacial score (nSPS) is 31.9. The lowest BCUT2D eigenvalue weighted by Gasteiger charge is -2.29. The Bertz CT molecular complexity index is 445. The topological polar surface area (TPSA) is 20.2 Å². The lowest BCUT2D eigenvalue weighted by molar-refractivity contribution is 0.0734. The maximum Gasteiger partial charge on any atom is 0.123 e. The van der Waals surface area contributed by atoms with Gasteiger partial charge in [0.1, 0.15) is 5.82 Å². The van der Waals surface area contributed by atoms with Crippen LogP contribution in [0.1, 0.15) is 48.5 Å². The van der Waals surface area contributed by atoms with E-state index in [1.165, 1.54) is 19.3 Å². The van der Waals surface area contributed by atoms with E-state index in [1.807, 2.05) is 13.8 Å². The SMILES string of the molecule is Cc1cc(F)cc(C)c1C(O)C1CC2CCC1C2. The van der Waals surface area contributed by atoms with Gasteiger partial charge in [-0.3, -0.25) is 0 Å². The number of aryl methyl sites for hydroxylation is 2. The molecular formula is C16H21FO. The van der Waals surface area contributed by atoms with Crippen LogP contribution in [0.15, 0.2) is 12.1 Å². The number of benzene rings is 1. The van der Waals surface area contributed by atoms with Crippen molar-refractivity contribution in [1.82, 2.24) is 0 Å². The van der Waals surface area contributed by atoms with E-state index in [1.54, 1.807) is 12.1 Å². The fraction of sp³-hybridized carbons (Fsp3) is 0.625. The predicted octanol–water partition coefficient (Wildman–Crippen LogP) is 3.91. The molecule has 0 aliphatic heterocycles. The Labute approximate surface area is 108 Å². The van der Waals surface area contributed by atoms with E-state index in [0.29, 0.717) is 11.8 Å². The summed E-state index contributed by atoms with van der Waals surface area (Å²) in [7, 11) is 0. The number of aliphatic hydroxyl groups is 1. The van der Waals surface area contributed by atoms with Gasteiger partial charge in [-0.2, -0.15) is 0 Å². The molecule has 0 radical (unpaired) electrons. The van der Waals surface area contributed by atoms with Gasteiger partial charge in [-0.1, -0.05) is 6.42 Å². The van der Waals surface area contributed by atoms with Crippen molar-refractivity contribution in [2.45, 2.75) is 45.6 Å². The van der Waals surface area contributed by atoms with Gasteiger partial charge in [-0.25, -0.2) is 4.39 Å². The number of hydrogen-bond acceptors (Lipinski definition) is 1. The first-order chi connectivity index (χ1) is 8.56. The molecule has 2 saturated carbocycles. The molecule has 1 nitrogen and oxygen atoms in total. The lowest BCUT2D eigenvalue weighted by Crippen LogP contribution is -2.20. The summed E-state index contributed by atoms with van der Waals surface area (Å²) < 4.78 is 13.3. The molecule has 3 rings (SSSR count). The van der Waals surface area contributed by atoms with Crippen molar-refractivity contribution in [2.24, 2.45) is 17.8 Å². The number of aliphatic hydroxyl groups excluding tert-OH is 1. The molecule has 2 heteroatoms. The second-order valence-corrected chi connectivity index (χ2v) is 6.24. The quantitative estimate of drug-likeness (QED) is 0.841. The molecule has 18 heavy (non-hydrogen) atoms. The Kier molecular flexibility index (Phi) is 2.93. The summed E-state index contributed by atoms with van der Waals surface area (Å²) in [5, 5.41) is 10.7. The maximum atomic E-state index is 13.3. The Morgan fingerprint density at radius 3 is 2.33 bits per heavy atom. The van der Waals surface area contributed by atoms with Gasteiger partial charge in [0.25, 0.3) is 0 Å². The van der Waals surface area contributed by atoms with Crippen LogP contribution in [-0.4, -0.2) is 5.11 Å². The molecule has 2 bridgehead atoms. The fourth-order valence-corrected chi connectivity index (χ4v) is 4.28. The third-order valence-corrected chi connectivity index (χ3v) is 5.05. The van der Waals surface area contributed by atoms with Crippen LogP contribution in [0.3, 0.4) is 0 Å². The third kappa shape index (κ3) is 1.87.